The highest BCUT2D eigenvalue weighted by Gasteiger charge is 2.40. The fraction of sp³-hybridized carbons (Fsp3) is 0.632. The number of nitrogens with zero attached hydrogens (tertiary/aromatic N) is 5. The van der Waals surface area contributed by atoms with E-state index in [2.05, 4.69) is 53.4 Å². The highest BCUT2D eigenvalue weighted by molar-refractivity contribution is 7.14. The first-order chi connectivity index (χ1) is 26.3. The minimum absolute atomic E-state index is 0.185. The third-order valence-corrected chi connectivity index (χ3v) is 12.3. The van der Waals surface area contributed by atoms with Gasteiger partial charge in [0.2, 0.25) is 23.5 Å². The van der Waals surface area contributed by atoms with Crippen molar-refractivity contribution in [2.45, 2.75) is 128 Å². The monoisotopic (exact) mass is 760 g/mol. The Bertz CT molecular complexity index is 1800. The molecule has 2 aliphatic carbocycles. The number of anilines is 1. The fourth-order valence-corrected chi connectivity index (χ4v) is 8.91. The number of fused-ring (bicyclic) bond motifs is 1. The molecule has 3 aromatic heterocycles. The number of piperidine rings is 1. The summed E-state index contributed by atoms with van der Waals surface area (Å²) >= 11 is 1.35. The molecule has 5 heterocycles. The zero-order valence-electron chi connectivity index (χ0n) is 31.3. The van der Waals surface area contributed by atoms with Gasteiger partial charge in [-0.15, -0.1) is 16.0 Å². The summed E-state index contributed by atoms with van der Waals surface area (Å²) < 4.78 is 2.08. The van der Waals surface area contributed by atoms with Gasteiger partial charge >= 0.3 is 6.03 Å². The van der Waals surface area contributed by atoms with Crippen LogP contribution in [0.1, 0.15) is 116 Å². The summed E-state index contributed by atoms with van der Waals surface area (Å²) in [6.07, 6.45) is 19.2. The molecule has 6 N–H and O–H groups in total. The van der Waals surface area contributed by atoms with Gasteiger partial charge in [-0.25, -0.2) is 14.8 Å². The Morgan fingerprint density at radius 1 is 0.944 bits per heavy atom. The Hall–Kier alpha value is -4.44. The van der Waals surface area contributed by atoms with Gasteiger partial charge in [-0.3, -0.25) is 19.7 Å². The van der Waals surface area contributed by atoms with Crippen LogP contribution in [0.25, 0.3) is 11.4 Å². The van der Waals surface area contributed by atoms with E-state index in [1.807, 2.05) is 12.3 Å². The summed E-state index contributed by atoms with van der Waals surface area (Å²) in [6.45, 7) is 2.38. The lowest BCUT2D eigenvalue weighted by atomic mass is 9.91. The van der Waals surface area contributed by atoms with Crippen molar-refractivity contribution < 1.29 is 23.9 Å². The van der Waals surface area contributed by atoms with E-state index in [0.717, 1.165) is 85.7 Å². The summed E-state index contributed by atoms with van der Waals surface area (Å²) in [6, 6.07) is 2.04. The largest absolute Gasteiger partial charge is 0.351 e. The number of nitrogens with one attached hydrogen (secondary N) is 6. The van der Waals surface area contributed by atoms with Crippen molar-refractivity contribution in [3.05, 3.63) is 39.6 Å². The molecule has 3 aromatic rings. The first kappa shape index (κ1) is 37.9. The van der Waals surface area contributed by atoms with Crippen LogP contribution in [-0.2, 0) is 36.1 Å². The molecule has 2 aliphatic heterocycles. The Kier molecular flexibility index (Phi) is 12.5. The number of carbonyl (C=O) groups excluding carboxylic acids is 4. The van der Waals surface area contributed by atoms with Crippen LogP contribution in [0.3, 0.4) is 0 Å². The van der Waals surface area contributed by atoms with Crippen molar-refractivity contribution in [1.29, 1.82) is 0 Å². The number of hydrogen-bond acceptors (Lipinski definition) is 10. The van der Waals surface area contributed by atoms with Crippen LogP contribution < -0.4 is 31.3 Å². The van der Waals surface area contributed by atoms with E-state index in [1.165, 1.54) is 49.1 Å². The molecule has 1 atom stereocenters. The quantitative estimate of drug-likeness (QED) is 0.0639. The summed E-state index contributed by atoms with van der Waals surface area (Å²) in [5.41, 5.74) is 3.20. The van der Waals surface area contributed by atoms with Crippen molar-refractivity contribution in [2.75, 3.05) is 18.4 Å². The number of urea groups is 1. The highest BCUT2D eigenvalue weighted by Crippen LogP contribution is 2.35. The van der Waals surface area contributed by atoms with Crippen molar-refractivity contribution >= 4 is 41.0 Å². The third kappa shape index (κ3) is 9.80. The SMILES string of the molecule is C[n+]1[nH]cc(-c2ncnc(NC3CCC(NCCCCCCCCNC(=O)NCc4cc5c(s4)C(=O)N(C4CCC(=O)NC4=O)C5)CC3)n2)c1CC1CC1. The smallest absolute Gasteiger partial charge is 0.315 e. The Labute approximate surface area is 320 Å². The summed E-state index contributed by atoms with van der Waals surface area (Å²) in [5.74, 6) is 1.29. The second kappa shape index (κ2) is 17.8. The molecule has 0 spiro atoms. The molecule has 1 unspecified atom stereocenters. The Balaban J connectivity index is 0.690. The van der Waals surface area contributed by atoms with Crippen LogP contribution in [0, 0.1) is 5.92 Å². The number of aromatic nitrogens is 5. The number of imide groups is 1. The Morgan fingerprint density at radius 3 is 2.46 bits per heavy atom. The van der Waals surface area contributed by atoms with E-state index in [9.17, 15) is 19.2 Å². The first-order valence-electron chi connectivity index (χ1n) is 19.8. The van der Waals surface area contributed by atoms with Crippen LogP contribution in [0.4, 0.5) is 10.7 Å². The van der Waals surface area contributed by atoms with E-state index in [0.29, 0.717) is 49.0 Å². The van der Waals surface area contributed by atoms with Crippen LogP contribution >= 0.6 is 11.3 Å². The Morgan fingerprint density at radius 2 is 1.70 bits per heavy atom. The summed E-state index contributed by atoms with van der Waals surface area (Å²) in [7, 11) is 2.05. The lowest BCUT2D eigenvalue weighted by Crippen LogP contribution is -2.52. The zero-order valence-corrected chi connectivity index (χ0v) is 32.1. The molecule has 3 fully saturated rings. The van der Waals surface area contributed by atoms with Gasteiger partial charge in [-0.05, 0) is 81.9 Å². The lowest BCUT2D eigenvalue weighted by Gasteiger charge is -2.29. The molecule has 4 aliphatic rings. The molecule has 5 amide bonds. The number of H-pyrrole nitrogens is 1. The molecule has 0 aromatic carbocycles. The van der Waals surface area contributed by atoms with Crippen LogP contribution in [0.2, 0.25) is 0 Å². The number of unbranched alkanes of at least 4 members (excludes halogenated alkanes) is 5. The van der Waals surface area contributed by atoms with Crippen LogP contribution in [0.15, 0.2) is 18.6 Å². The van der Waals surface area contributed by atoms with E-state index in [4.69, 9.17) is 4.98 Å². The molecule has 7 rings (SSSR count). The van der Waals surface area contributed by atoms with Gasteiger partial charge in [-0.2, -0.15) is 10.1 Å². The van der Waals surface area contributed by atoms with Gasteiger partial charge in [0.05, 0.1) is 17.6 Å². The van der Waals surface area contributed by atoms with Crippen molar-refractivity contribution in [1.82, 2.24) is 46.2 Å². The first-order valence-corrected chi connectivity index (χ1v) is 20.7. The number of aryl methyl sites for hydroxylation is 1. The van der Waals surface area contributed by atoms with Gasteiger partial charge in [0, 0.05) is 42.9 Å². The van der Waals surface area contributed by atoms with Crippen LogP contribution in [-0.4, -0.2) is 79.9 Å². The summed E-state index contributed by atoms with van der Waals surface area (Å²) in [5, 5.41) is 18.8. The van der Waals surface area contributed by atoms with Gasteiger partial charge in [0.1, 0.15) is 17.9 Å². The molecule has 0 bridgehead atoms. The number of thiophene rings is 1. The summed E-state index contributed by atoms with van der Waals surface area (Å²) in [4.78, 5) is 65.7. The van der Waals surface area contributed by atoms with E-state index >= 15 is 0 Å². The van der Waals surface area contributed by atoms with Crippen LogP contribution in [0.5, 0.6) is 0 Å². The molecular formula is C38H54N11O4S+. The average molecular weight is 761 g/mol. The molecule has 0 radical (unpaired) electrons. The minimum atomic E-state index is -0.612. The van der Waals surface area contributed by atoms with Gasteiger partial charge in [-0.1, -0.05) is 25.7 Å². The van der Waals surface area contributed by atoms with E-state index in [-0.39, 0.29) is 24.3 Å². The molecule has 2 saturated carbocycles. The van der Waals surface area contributed by atoms with Gasteiger partial charge in [0.25, 0.3) is 5.91 Å². The molecule has 1 saturated heterocycles. The molecule has 290 valence electrons. The minimum Gasteiger partial charge on any atom is -0.351 e. The van der Waals surface area contributed by atoms with Crippen molar-refractivity contribution in [3.8, 4) is 11.4 Å². The van der Waals surface area contributed by atoms with Crippen molar-refractivity contribution in [2.24, 2.45) is 13.0 Å². The third-order valence-electron chi connectivity index (χ3n) is 11.2. The standard InChI is InChI=1S/C38H53N11O4S/c1-48-31(18-24-8-9-24)29(21-44-48)34-42-23-43-37(47-34)45-27-12-10-26(11-13-27)39-16-6-4-2-3-5-7-17-40-38(53)41-20-28-19-25-22-49(36(52)33(25)54-28)30-14-15-32(50)46-35(30)51/h19,21,23-24,26-27,30,39H,2-18,20,22H2,1H3,(H4,40,41,42,43,45,46,47,50,51,53)/p+1. The van der Waals surface area contributed by atoms with Gasteiger partial charge < -0.3 is 26.2 Å². The van der Waals surface area contributed by atoms with Crippen molar-refractivity contribution in [3.63, 3.8) is 0 Å². The van der Waals surface area contributed by atoms with E-state index < -0.39 is 11.9 Å². The maximum Gasteiger partial charge on any atom is 0.315 e. The predicted octanol–water partition coefficient (Wildman–Crippen LogP) is 3.62. The number of aromatic amines is 1. The number of carbonyl (C=O) groups is 4. The second-order valence-electron chi connectivity index (χ2n) is 15.3. The number of hydrogen-bond donors (Lipinski definition) is 6. The fourth-order valence-electron chi connectivity index (χ4n) is 7.84. The molecule has 54 heavy (non-hydrogen) atoms. The highest BCUT2D eigenvalue weighted by atomic mass is 32.1. The number of amides is 5. The molecule has 15 nitrogen and oxygen atoms in total. The maximum absolute atomic E-state index is 12.9. The van der Waals surface area contributed by atoms with Gasteiger partial charge in [0.15, 0.2) is 12.9 Å². The molecular weight excluding hydrogens is 707 g/mol. The maximum atomic E-state index is 12.9. The lowest BCUT2D eigenvalue weighted by molar-refractivity contribution is -0.733. The predicted molar refractivity (Wildman–Crippen MR) is 203 cm³/mol. The average Bonchev–Trinajstić information content (AvgIpc) is 3.67. The number of rotatable bonds is 18. The molecule has 16 heteroatoms. The normalized spacial score (nSPS) is 21.2. The second-order valence-corrected chi connectivity index (χ2v) is 16.5. The topological polar surface area (TPSA) is 190 Å². The zero-order chi connectivity index (χ0) is 37.4. The van der Waals surface area contributed by atoms with E-state index in [1.54, 1.807) is 11.2 Å².